The minimum absolute atomic E-state index is 0.0455. The third kappa shape index (κ3) is 5.80. The van der Waals surface area contributed by atoms with Crippen molar-refractivity contribution in [3.63, 3.8) is 0 Å². The molecule has 0 aliphatic rings. The summed E-state index contributed by atoms with van der Waals surface area (Å²) in [4.78, 5) is 27.0. The lowest BCUT2D eigenvalue weighted by molar-refractivity contribution is -0.139. The summed E-state index contributed by atoms with van der Waals surface area (Å²) >= 11 is 0. The number of aliphatic imine (C=N–C) groups is 1. The fourth-order valence-corrected chi connectivity index (χ4v) is 1.79. The van der Waals surface area contributed by atoms with E-state index in [4.69, 9.17) is 22.3 Å². The van der Waals surface area contributed by atoms with Crippen LogP contribution in [0.5, 0.6) is 0 Å². The van der Waals surface area contributed by atoms with Gasteiger partial charge in [-0.25, -0.2) is 4.79 Å². The van der Waals surface area contributed by atoms with Crippen molar-refractivity contribution in [2.75, 3.05) is 6.54 Å². The summed E-state index contributed by atoms with van der Waals surface area (Å²) in [7, 11) is 0. The lowest BCUT2D eigenvalue weighted by atomic mass is 10.1. The number of hydrogen-bond acceptors (Lipinski definition) is 4. The van der Waals surface area contributed by atoms with E-state index in [-0.39, 0.29) is 12.4 Å². The molecule has 8 nitrogen and oxygen atoms in total. The van der Waals surface area contributed by atoms with Gasteiger partial charge in [0.15, 0.2) is 5.96 Å². The van der Waals surface area contributed by atoms with Crippen LogP contribution in [-0.4, -0.2) is 35.5 Å². The molecule has 0 unspecified atom stereocenters. The van der Waals surface area contributed by atoms with Gasteiger partial charge >= 0.3 is 5.97 Å². The van der Waals surface area contributed by atoms with Crippen molar-refractivity contribution in [1.29, 1.82) is 0 Å². The number of benzene rings is 1. The molecule has 1 aromatic rings. The maximum absolute atomic E-state index is 12.0. The Labute approximate surface area is 128 Å². The van der Waals surface area contributed by atoms with Crippen molar-refractivity contribution in [2.24, 2.45) is 22.2 Å². The van der Waals surface area contributed by atoms with Crippen molar-refractivity contribution in [3.05, 3.63) is 35.4 Å². The van der Waals surface area contributed by atoms with Gasteiger partial charge in [-0.05, 0) is 30.5 Å². The van der Waals surface area contributed by atoms with Crippen LogP contribution in [0.4, 0.5) is 0 Å². The zero-order chi connectivity index (χ0) is 16.5. The molecule has 8 N–H and O–H groups in total. The maximum Gasteiger partial charge on any atom is 0.326 e. The van der Waals surface area contributed by atoms with Crippen LogP contribution in [0.2, 0.25) is 0 Å². The van der Waals surface area contributed by atoms with Crippen LogP contribution in [-0.2, 0) is 11.3 Å². The molecule has 0 saturated carbocycles. The van der Waals surface area contributed by atoms with Gasteiger partial charge in [-0.3, -0.25) is 9.79 Å². The fraction of sp³-hybridized carbons (Fsp3) is 0.357. The molecule has 0 fully saturated rings. The number of nitrogens with two attached hydrogens (primary N) is 3. The highest BCUT2D eigenvalue weighted by Crippen LogP contribution is 2.06. The third-order valence-electron chi connectivity index (χ3n) is 3.00. The number of carboxylic acids is 1. The predicted molar refractivity (Wildman–Crippen MR) is 83.1 cm³/mol. The number of carbonyl (C=O) groups is 2. The van der Waals surface area contributed by atoms with Crippen LogP contribution >= 0.6 is 0 Å². The molecule has 0 bridgehead atoms. The van der Waals surface area contributed by atoms with Gasteiger partial charge in [0.25, 0.3) is 5.91 Å². The lowest BCUT2D eigenvalue weighted by Gasteiger charge is -2.14. The zero-order valence-corrected chi connectivity index (χ0v) is 12.2. The van der Waals surface area contributed by atoms with Crippen molar-refractivity contribution in [2.45, 2.75) is 25.4 Å². The molecule has 0 heterocycles. The largest absolute Gasteiger partial charge is 0.480 e. The van der Waals surface area contributed by atoms with Gasteiger partial charge in [-0.2, -0.15) is 0 Å². The summed E-state index contributed by atoms with van der Waals surface area (Å²) in [6.07, 6.45) is 0.681. The smallest absolute Gasteiger partial charge is 0.326 e. The number of carboxylic acid groups (broad SMARTS) is 1. The van der Waals surface area contributed by atoms with E-state index < -0.39 is 17.9 Å². The van der Waals surface area contributed by atoms with Crippen LogP contribution < -0.4 is 22.5 Å². The Balaban J connectivity index is 2.59. The van der Waals surface area contributed by atoms with Crippen molar-refractivity contribution in [3.8, 4) is 0 Å². The highest BCUT2D eigenvalue weighted by Gasteiger charge is 2.20. The number of nitrogens with zero attached hydrogens (tertiary/aromatic N) is 1. The number of hydrogen-bond donors (Lipinski definition) is 5. The summed E-state index contributed by atoms with van der Waals surface area (Å²) in [6.45, 7) is 0.692. The lowest BCUT2D eigenvalue weighted by Crippen LogP contribution is -2.40. The fourth-order valence-electron chi connectivity index (χ4n) is 1.79. The summed E-state index contributed by atoms with van der Waals surface area (Å²) in [5, 5.41) is 11.6. The molecule has 0 radical (unpaired) electrons. The van der Waals surface area contributed by atoms with Crippen molar-refractivity contribution in [1.82, 2.24) is 5.32 Å². The average molecular weight is 307 g/mol. The third-order valence-corrected chi connectivity index (χ3v) is 3.00. The summed E-state index contributed by atoms with van der Waals surface area (Å²) in [6, 6.07) is 5.68. The molecule has 120 valence electrons. The Bertz CT molecular complexity index is 538. The van der Waals surface area contributed by atoms with Gasteiger partial charge in [-0.15, -0.1) is 0 Å². The second kappa shape index (κ2) is 8.63. The molecule has 0 aliphatic heterocycles. The Hall–Kier alpha value is -2.61. The van der Waals surface area contributed by atoms with E-state index in [9.17, 15) is 9.59 Å². The summed E-state index contributed by atoms with van der Waals surface area (Å²) in [5.74, 6) is -1.59. The van der Waals surface area contributed by atoms with Gasteiger partial charge in [0.2, 0.25) is 0 Å². The number of amides is 1. The topological polar surface area (TPSA) is 157 Å². The molecule has 0 aliphatic carbocycles. The normalized spacial score (nSPS) is 11.5. The molecule has 0 spiro atoms. The van der Waals surface area contributed by atoms with Crippen LogP contribution in [0.3, 0.4) is 0 Å². The predicted octanol–water partition coefficient (Wildman–Crippen LogP) is -0.618. The van der Waals surface area contributed by atoms with E-state index in [0.29, 0.717) is 25.1 Å². The molecular formula is C14H21N5O3. The van der Waals surface area contributed by atoms with E-state index in [1.807, 2.05) is 0 Å². The number of guanidine groups is 1. The molecular weight excluding hydrogens is 286 g/mol. The van der Waals surface area contributed by atoms with E-state index >= 15 is 0 Å². The van der Waals surface area contributed by atoms with Crippen molar-refractivity contribution >= 4 is 17.8 Å². The molecule has 8 heteroatoms. The average Bonchev–Trinajstić information content (AvgIpc) is 2.49. The monoisotopic (exact) mass is 307 g/mol. The first-order valence-electron chi connectivity index (χ1n) is 6.82. The molecule has 1 rings (SSSR count). The Morgan fingerprint density at radius 3 is 2.36 bits per heavy atom. The Morgan fingerprint density at radius 1 is 1.23 bits per heavy atom. The Morgan fingerprint density at radius 2 is 1.86 bits per heavy atom. The molecule has 22 heavy (non-hydrogen) atoms. The molecule has 0 aromatic heterocycles. The first kappa shape index (κ1) is 17.4. The quantitative estimate of drug-likeness (QED) is 0.245. The summed E-state index contributed by atoms with van der Waals surface area (Å²) in [5.41, 5.74) is 17.1. The molecule has 1 amide bonds. The highest BCUT2D eigenvalue weighted by molar-refractivity contribution is 5.96. The van der Waals surface area contributed by atoms with Gasteiger partial charge in [-0.1, -0.05) is 12.1 Å². The van der Waals surface area contributed by atoms with Crippen LogP contribution in [0.25, 0.3) is 0 Å². The first-order valence-corrected chi connectivity index (χ1v) is 6.82. The number of nitrogens with one attached hydrogen (secondary N) is 1. The van der Waals surface area contributed by atoms with E-state index in [2.05, 4.69) is 10.3 Å². The number of rotatable bonds is 8. The maximum atomic E-state index is 12.0. The van der Waals surface area contributed by atoms with E-state index in [1.165, 1.54) is 0 Å². The van der Waals surface area contributed by atoms with Crippen LogP contribution in [0.15, 0.2) is 29.3 Å². The van der Waals surface area contributed by atoms with Gasteiger partial charge in [0.1, 0.15) is 6.04 Å². The first-order chi connectivity index (χ1) is 10.4. The van der Waals surface area contributed by atoms with E-state index in [1.54, 1.807) is 24.3 Å². The van der Waals surface area contributed by atoms with Gasteiger partial charge < -0.3 is 27.6 Å². The standard InChI is InChI=1S/C14H21N5O3/c15-8-9-3-5-10(6-4-9)12(20)19-11(13(21)22)2-1-7-18-14(16)17/h3-6,11H,1-2,7-8,15H2,(H,19,20)(H,21,22)(H4,16,17,18)/t11-/m0/s1. The summed E-state index contributed by atoms with van der Waals surface area (Å²) < 4.78 is 0. The van der Waals surface area contributed by atoms with Crippen LogP contribution in [0.1, 0.15) is 28.8 Å². The molecule has 1 aromatic carbocycles. The minimum Gasteiger partial charge on any atom is -0.480 e. The number of aliphatic carboxylic acids is 1. The highest BCUT2D eigenvalue weighted by atomic mass is 16.4. The molecule has 0 saturated heterocycles. The molecule has 1 atom stereocenters. The second-order valence-corrected chi connectivity index (χ2v) is 4.71. The van der Waals surface area contributed by atoms with Crippen LogP contribution in [0, 0.1) is 0 Å². The van der Waals surface area contributed by atoms with Gasteiger partial charge in [0, 0.05) is 18.7 Å². The SMILES string of the molecule is NCc1ccc(C(=O)N[C@@H](CCCN=C(N)N)C(=O)O)cc1. The Kier molecular flexibility index (Phi) is 6.84. The number of carbonyl (C=O) groups excluding carboxylic acids is 1. The van der Waals surface area contributed by atoms with Crippen molar-refractivity contribution < 1.29 is 14.7 Å². The second-order valence-electron chi connectivity index (χ2n) is 4.71. The zero-order valence-electron chi connectivity index (χ0n) is 12.2. The van der Waals surface area contributed by atoms with E-state index in [0.717, 1.165) is 5.56 Å². The minimum atomic E-state index is -1.10. The van der Waals surface area contributed by atoms with Gasteiger partial charge in [0.05, 0.1) is 0 Å².